The highest BCUT2D eigenvalue weighted by Crippen LogP contribution is 2.51. The molecule has 0 aromatic heterocycles. The molecule has 12 heavy (non-hydrogen) atoms. The van der Waals surface area contributed by atoms with E-state index < -0.39 is 0 Å². The summed E-state index contributed by atoms with van der Waals surface area (Å²) in [6.45, 7) is 0. The van der Waals surface area contributed by atoms with E-state index in [0.717, 1.165) is 11.8 Å². The molecule has 0 aromatic rings. The third kappa shape index (κ3) is 0.882. The molecule has 0 radical (unpaired) electrons. The second kappa shape index (κ2) is 2.24. The highest BCUT2D eigenvalue weighted by molar-refractivity contribution is 4.99. The van der Waals surface area contributed by atoms with Gasteiger partial charge in [-0.2, -0.15) is 0 Å². The lowest BCUT2D eigenvalue weighted by molar-refractivity contribution is -0.231. The van der Waals surface area contributed by atoms with Crippen LogP contribution in [0.15, 0.2) is 0 Å². The van der Waals surface area contributed by atoms with E-state index in [4.69, 9.17) is 4.74 Å². The van der Waals surface area contributed by atoms with Gasteiger partial charge in [0.1, 0.15) is 5.72 Å². The van der Waals surface area contributed by atoms with Crippen molar-refractivity contribution in [3.05, 3.63) is 0 Å². The molecule has 2 heteroatoms. The first-order valence-corrected chi connectivity index (χ1v) is 5.16. The summed E-state index contributed by atoms with van der Waals surface area (Å²) in [7, 11) is 2.05. The lowest BCUT2D eigenvalue weighted by Gasteiger charge is -2.56. The molecule has 2 saturated heterocycles. The van der Waals surface area contributed by atoms with Gasteiger partial charge in [0.2, 0.25) is 0 Å². The SMILES string of the molecule is CNC12CC3CC(CC(C3)O1)C2. The monoisotopic (exact) mass is 167 g/mol. The Morgan fingerprint density at radius 3 is 2.33 bits per heavy atom. The Kier molecular flexibility index (Phi) is 1.37. The Morgan fingerprint density at radius 2 is 1.83 bits per heavy atom. The predicted octanol–water partition coefficient (Wildman–Crippen LogP) is 1.51. The predicted molar refractivity (Wildman–Crippen MR) is 46.7 cm³/mol. The van der Waals surface area contributed by atoms with Crippen LogP contribution >= 0.6 is 0 Å². The lowest BCUT2D eigenvalue weighted by Crippen LogP contribution is -2.60. The van der Waals surface area contributed by atoms with E-state index in [2.05, 4.69) is 5.32 Å². The standard InChI is InChI=1S/C10H17NO/c1-11-10-5-7-2-8(6-10)4-9(3-7)12-10/h7-9,11H,2-6H2,1H3. The van der Waals surface area contributed by atoms with Crippen molar-refractivity contribution in [3.63, 3.8) is 0 Å². The van der Waals surface area contributed by atoms with Crippen LogP contribution in [0.25, 0.3) is 0 Å². The molecule has 2 aliphatic heterocycles. The van der Waals surface area contributed by atoms with E-state index in [-0.39, 0.29) is 5.72 Å². The second-order valence-corrected chi connectivity index (χ2v) is 4.83. The van der Waals surface area contributed by atoms with Crippen molar-refractivity contribution < 1.29 is 4.74 Å². The maximum Gasteiger partial charge on any atom is 0.119 e. The highest BCUT2D eigenvalue weighted by Gasteiger charge is 2.51. The third-order valence-corrected chi connectivity index (χ3v) is 3.94. The molecule has 4 rings (SSSR count). The van der Waals surface area contributed by atoms with Crippen molar-refractivity contribution in [2.24, 2.45) is 11.8 Å². The van der Waals surface area contributed by atoms with E-state index >= 15 is 0 Å². The molecule has 2 unspecified atom stereocenters. The zero-order valence-electron chi connectivity index (χ0n) is 7.68. The Bertz CT molecular complexity index is 167. The molecule has 1 N–H and O–H groups in total. The molecule has 0 aromatic carbocycles. The third-order valence-electron chi connectivity index (χ3n) is 3.94. The van der Waals surface area contributed by atoms with E-state index in [1.165, 1.54) is 32.1 Å². The number of ether oxygens (including phenoxy) is 1. The van der Waals surface area contributed by atoms with Gasteiger partial charge >= 0.3 is 0 Å². The van der Waals surface area contributed by atoms with Gasteiger partial charge in [-0.25, -0.2) is 0 Å². The lowest BCUT2D eigenvalue weighted by atomic mass is 9.65. The fraction of sp³-hybridized carbons (Fsp3) is 1.00. The summed E-state index contributed by atoms with van der Waals surface area (Å²) in [5, 5.41) is 3.39. The first-order chi connectivity index (χ1) is 5.80. The van der Waals surface area contributed by atoms with Crippen molar-refractivity contribution >= 4 is 0 Å². The first kappa shape index (κ1) is 7.34. The zero-order chi connectivity index (χ0) is 8.18. The Morgan fingerprint density at radius 1 is 1.17 bits per heavy atom. The van der Waals surface area contributed by atoms with Crippen molar-refractivity contribution in [3.8, 4) is 0 Å². The molecule has 2 heterocycles. The quantitative estimate of drug-likeness (QED) is 0.639. The van der Waals surface area contributed by atoms with Crippen LogP contribution in [0.1, 0.15) is 32.1 Å². The van der Waals surface area contributed by atoms with Crippen LogP contribution in [0.3, 0.4) is 0 Å². The zero-order valence-corrected chi connectivity index (χ0v) is 7.68. The van der Waals surface area contributed by atoms with Crippen LogP contribution in [-0.2, 0) is 4.74 Å². The fourth-order valence-corrected chi connectivity index (χ4v) is 3.63. The molecule has 2 aliphatic carbocycles. The Balaban J connectivity index is 1.90. The summed E-state index contributed by atoms with van der Waals surface area (Å²) < 4.78 is 6.05. The second-order valence-electron chi connectivity index (χ2n) is 4.83. The summed E-state index contributed by atoms with van der Waals surface area (Å²) >= 11 is 0. The van der Waals surface area contributed by atoms with Gasteiger partial charge in [-0.1, -0.05) is 0 Å². The van der Waals surface area contributed by atoms with Crippen LogP contribution in [0.2, 0.25) is 0 Å². The Hall–Kier alpha value is -0.0800. The fourth-order valence-electron chi connectivity index (χ4n) is 3.63. The van der Waals surface area contributed by atoms with Crippen molar-refractivity contribution in [2.75, 3.05) is 7.05 Å². The normalized spacial score (nSPS) is 56.2. The molecule has 0 spiro atoms. The molecular formula is C10H17NO. The molecule has 2 atom stereocenters. The van der Waals surface area contributed by atoms with Crippen LogP contribution in [0.5, 0.6) is 0 Å². The van der Waals surface area contributed by atoms with Crippen LogP contribution in [-0.4, -0.2) is 18.9 Å². The van der Waals surface area contributed by atoms with Gasteiger partial charge in [-0.15, -0.1) is 0 Å². The van der Waals surface area contributed by atoms with Crippen LogP contribution in [0.4, 0.5) is 0 Å². The largest absolute Gasteiger partial charge is 0.357 e. The van der Waals surface area contributed by atoms with E-state index in [1.807, 2.05) is 7.05 Å². The molecule has 4 bridgehead atoms. The minimum Gasteiger partial charge on any atom is -0.357 e. The van der Waals surface area contributed by atoms with Gasteiger partial charge in [0.25, 0.3) is 0 Å². The van der Waals surface area contributed by atoms with Crippen molar-refractivity contribution in [2.45, 2.75) is 43.9 Å². The minimum absolute atomic E-state index is 0.0920. The molecule has 4 aliphatic rings. The Labute approximate surface area is 73.7 Å². The summed E-state index contributed by atoms with van der Waals surface area (Å²) in [6, 6.07) is 0. The molecule has 0 amide bonds. The van der Waals surface area contributed by atoms with Gasteiger partial charge in [0, 0.05) is 0 Å². The van der Waals surface area contributed by atoms with Crippen LogP contribution < -0.4 is 5.32 Å². The average molecular weight is 167 g/mol. The summed E-state index contributed by atoms with van der Waals surface area (Å²) in [5.41, 5.74) is 0.0920. The summed E-state index contributed by atoms with van der Waals surface area (Å²) in [6.07, 6.45) is 7.25. The number of nitrogens with one attached hydrogen (secondary N) is 1. The molecular weight excluding hydrogens is 150 g/mol. The topological polar surface area (TPSA) is 21.3 Å². The molecule has 68 valence electrons. The van der Waals surface area contributed by atoms with Crippen molar-refractivity contribution in [1.29, 1.82) is 0 Å². The van der Waals surface area contributed by atoms with E-state index in [1.54, 1.807) is 0 Å². The summed E-state index contributed by atoms with van der Waals surface area (Å²) in [4.78, 5) is 0. The number of hydrogen-bond acceptors (Lipinski definition) is 2. The maximum absolute atomic E-state index is 6.05. The van der Waals surface area contributed by atoms with Gasteiger partial charge in [-0.3, -0.25) is 5.32 Å². The maximum atomic E-state index is 6.05. The number of rotatable bonds is 1. The molecule has 2 saturated carbocycles. The van der Waals surface area contributed by atoms with Gasteiger partial charge in [0.05, 0.1) is 6.10 Å². The smallest absolute Gasteiger partial charge is 0.119 e. The first-order valence-electron chi connectivity index (χ1n) is 5.16. The van der Waals surface area contributed by atoms with Crippen LogP contribution in [0, 0.1) is 11.8 Å². The van der Waals surface area contributed by atoms with Gasteiger partial charge < -0.3 is 4.74 Å². The average Bonchev–Trinajstić information content (AvgIpc) is 2.02. The van der Waals surface area contributed by atoms with E-state index in [0.29, 0.717) is 6.10 Å². The number of hydrogen-bond donors (Lipinski definition) is 1. The molecule has 4 fully saturated rings. The molecule has 2 nitrogen and oxygen atoms in total. The van der Waals surface area contributed by atoms with Crippen molar-refractivity contribution in [1.82, 2.24) is 5.32 Å². The minimum atomic E-state index is 0.0920. The van der Waals surface area contributed by atoms with Gasteiger partial charge in [0.15, 0.2) is 0 Å². The summed E-state index contributed by atoms with van der Waals surface area (Å²) in [5.74, 6) is 1.92. The highest BCUT2D eigenvalue weighted by atomic mass is 16.5. The van der Waals surface area contributed by atoms with E-state index in [9.17, 15) is 0 Å². The van der Waals surface area contributed by atoms with Gasteiger partial charge in [-0.05, 0) is 51.0 Å².